The predicted octanol–water partition coefficient (Wildman–Crippen LogP) is 3.61. The maximum absolute atomic E-state index is 13.2. The van der Waals surface area contributed by atoms with Gasteiger partial charge in [0.15, 0.2) is 5.58 Å². The lowest BCUT2D eigenvalue weighted by molar-refractivity contribution is 0.148. The number of aromatic nitrogens is 2. The third-order valence-electron chi connectivity index (χ3n) is 6.17. The monoisotopic (exact) mass is 414 g/mol. The summed E-state index contributed by atoms with van der Waals surface area (Å²) in [7, 11) is 3.97. The van der Waals surface area contributed by atoms with Gasteiger partial charge in [0.05, 0.1) is 5.69 Å². The molecule has 0 N–H and O–H groups in total. The Hall–Kier alpha value is -3.22. The summed E-state index contributed by atoms with van der Waals surface area (Å²) in [4.78, 5) is 18.0. The van der Waals surface area contributed by atoms with E-state index in [1.807, 2.05) is 36.4 Å². The largest absolute Gasteiger partial charge is 0.355 e. The van der Waals surface area contributed by atoms with E-state index in [0.717, 1.165) is 49.5 Å². The van der Waals surface area contributed by atoms with Gasteiger partial charge in [-0.25, -0.2) is 0 Å². The molecule has 0 atom stereocenters. The Balaban J connectivity index is 1.45. The van der Waals surface area contributed by atoms with Crippen molar-refractivity contribution in [3.8, 4) is 22.5 Å². The zero-order chi connectivity index (χ0) is 21.4. The van der Waals surface area contributed by atoms with E-state index in [0.29, 0.717) is 16.7 Å². The first kappa shape index (κ1) is 19.7. The Morgan fingerprint density at radius 2 is 1.61 bits per heavy atom. The first-order valence-corrected chi connectivity index (χ1v) is 10.7. The summed E-state index contributed by atoms with van der Waals surface area (Å²) < 4.78 is 7.24. The van der Waals surface area contributed by atoms with Gasteiger partial charge in [0.1, 0.15) is 11.1 Å². The molecule has 2 aromatic carbocycles. The Morgan fingerprint density at radius 1 is 0.903 bits per heavy atom. The van der Waals surface area contributed by atoms with Gasteiger partial charge in [-0.05, 0) is 18.2 Å². The minimum absolute atomic E-state index is 0.103. The lowest BCUT2D eigenvalue weighted by Crippen LogP contribution is -2.43. The third kappa shape index (κ3) is 3.80. The van der Waals surface area contributed by atoms with Crippen LogP contribution in [0.5, 0.6) is 0 Å². The lowest BCUT2D eigenvalue weighted by Gasteiger charge is -2.32. The first-order chi connectivity index (χ1) is 15.1. The van der Waals surface area contributed by atoms with E-state index in [4.69, 9.17) is 4.52 Å². The SMILES string of the molecule is CN1CCN(Cc2ccc(-c3cc4onc(-c5ccccc5)c4c(=O)n3C)cc2)CC1. The number of hydrogen-bond acceptors (Lipinski definition) is 5. The molecule has 6 heteroatoms. The molecule has 0 radical (unpaired) electrons. The smallest absolute Gasteiger partial charge is 0.264 e. The van der Waals surface area contributed by atoms with Gasteiger partial charge in [0, 0.05) is 51.4 Å². The highest BCUT2D eigenvalue weighted by molar-refractivity contribution is 5.92. The van der Waals surface area contributed by atoms with Gasteiger partial charge in [-0.2, -0.15) is 0 Å². The van der Waals surface area contributed by atoms with Crippen LogP contribution in [0.15, 0.2) is 70.0 Å². The Morgan fingerprint density at radius 3 is 2.32 bits per heavy atom. The zero-order valence-electron chi connectivity index (χ0n) is 17.9. The third-order valence-corrected chi connectivity index (χ3v) is 6.17. The number of nitrogens with zero attached hydrogens (tertiary/aromatic N) is 4. The van der Waals surface area contributed by atoms with Crippen LogP contribution in [0.2, 0.25) is 0 Å². The fourth-order valence-corrected chi connectivity index (χ4v) is 4.22. The van der Waals surface area contributed by atoms with Crippen LogP contribution >= 0.6 is 0 Å². The van der Waals surface area contributed by atoms with E-state index < -0.39 is 0 Å². The molecule has 4 aromatic rings. The van der Waals surface area contributed by atoms with Gasteiger partial charge in [0.2, 0.25) is 0 Å². The first-order valence-electron chi connectivity index (χ1n) is 10.7. The van der Waals surface area contributed by atoms with Crippen molar-refractivity contribution >= 4 is 11.0 Å². The van der Waals surface area contributed by atoms with Crippen molar-refractivity contribution in [2.24, 2.45) is 7.05 Å². The fraction of sp³-hybridized carbons (Fsp3) is 0.280. The minimum Gasteiger partial charge on any atom is -0.355 e. The van der Waals surface area contributed by atoms with Crippen LogP contribution in [0.1, 0.15) is 5.56 Å². The van der Waals surface area contributed by atoms with Crippen LogP contribution in [0.4, 0.5) is 0 Å². The van der Waals surface area contributed by atoms with Crippen LogP contribution in [0.3, 0.4) is 0 Å². The van der Waals surface area contributed by atoms with E-state index in [2.05, 4.69) is 46.3 Å². The quantitative estimate of drug-likeness (QED) is 0.511. The van der Waals surface area contributed by atoms with E-state index in [-0.39, 0.29) is 5.56 Å². The summed E-state index contributed by atoms with van der Waals surface area (Å²) in [6, 6.07) is 20.0. The van der Waals surface area contributed by atoms with Gasteiger partial charge in [-0.3, -0.25) is 9.69 Å². The number of likely N-dealkylation sites (N-methyl/N-ethyl adjacent to an activating group) is 1. The maximum atomic E-state index is 13.2. The summed E-state index contributed by atoms with van der Waals surface area (Å²) >= 11 is 0. The van der Waals surface area contributed by atoms with Crippen molar-refractivity contribution in [3.05, 3.63) is 76.6 Å². The molecule has 0 spiro atoms. The predicted molar refractivity (Wildman–Crippen MR) is 123 cm³/mol. The average Bonchev–Trinajstić information content (AvgIpc) is 3.23. The molecule has 1 aliphatic heterocycles. The van der Waals surface area contributed by atoms with Crippen molar-refractivity contribution < 1.29 is 4.52 Å². The van der Waals surface area contributed by atoms with E-state index in [1.165, 1.54) is 5.56 Å². The van der Waals surface area contributed by atoms with Gasteiger partial charge in [-0.1, -0.05) is 59.8 Å². The summed E-state index contributed by atoms with van der Waals surface area (Å²) in [6.07, 6.45) is 0. The fourth-order valence-electron chi connectivity index (χ4n) is 4.22. The highest BCUT2D eigenvalue weighted by Crippen LogP contribution is 2.28. The Kier molecular flexibility index (Phi) is 5.18. The number of rotatable bonds is 4. The van der Waals surface area contributed by atoms with E-state index >= 15 is 0 Å². The highest BCUT2D eigenvalue weighted by Gasteiger charge is 2.18. The molecule has 0 aliphatic carbocycles. The summed E-state index contributed by atoms with van der Waals surface area (Å²) in [5.74, 6) is 0. The van der Waals surface area contributed by atoms with Crippen molar-refractivity contribution in [1.82, 2.24) is 19.5 Å². The Labute approximate surface area is 181 Å². The summed E-state index contributed by atoms with van der Waals surface area (Å²) in [6.45, 7) is 5.37. The van der Waals surface area contributed by atoms with Crippen LogP contribution in [0.25, 0.3) is 33.5 Å². The van der Waals surface area contributed by atoms with Gasteiger partial charge >= 0.3 is 0 Å². The van der Waals surface area contributed by atoms with Crippen molar-refractivity contribution in [1.29, 1.82) is 0 Å². The molecule has 3 heterocycles. The second-order valence-corrected chi connectivity index (χ2v) is 8.31. The molecule has 0 amide bonds. The van der Waals surface area contributed by atoms with Gasteiger partial charge in [0.25, 0.3) is 5.56 Å². The number of benzene rings is 2. The summed E-state index contributed by atoms with van der Waals surface area (Å²) in [5, 5.41) is 4.71. The standard InChI is InChI=1S/C25H26N4O2/c1-27-12-14-29(15-13-27)17-18-8-10-19(11-9-18)21-16-22-23(25(30)28(21)2)24(26-31-22)20-6-4-3-5-7-20/h3-11,16H,12-15,17H2,1-2H3. The molecule has 2 aromatic heterocycles. The molecule has 0 unspecified atom stereocenters. The van der Waals surface area contributed by atoms with Crippen molar-refractivity contribution in [2.75, 3.05) is 33.2 Å². The molecule has 158 valence electrons. The molecular formula is C25H26N4O2. The molecule has 6 nitrogen and oxygen atoms in total. The molecule has 5 rings (SSSR count). The van der Waals surface area contributed by atoms with Crippen LogP contribution in [-0.4, -0.2) is 52.8 Å². The lowest BCUT2D eigenvalue weighted by atomic mass is 10.1. The van der Waals surface area contributed by atoms with Crippen molar-refractivity contribution in [3.63, 3.8) is 0 Å². The Bertz CT molecular complexity index is 1250. The van der Waals surface area contributed by atoms with Crippen LogP contribution in [-0.2, 0) is 13.6 Å². The highest BCUT2D eigenvalue weighted by atomic mass is 16.5. The second kappa shape index (κ2) is 8.13. The minimum atomic E-state index is -0.103. The molecular weight excluding hydrogens is 388 g/mol. The molecule has 31 heavy (non-hydrogen) atoms. The average molecular weight is 415 g/mol. The van der Waals surface area contributed by atoms with E-state index in [1.54, 1.807) is 11.6 Å². The normalized spacial score (nSPS) is 15.5. The molecule has 0 bridgehead atoms. The molecule has 1 saturated heterocycles. The van der Waals surface area contributed by atoms with Gasteiger partial charge < -0.3 is 14.0 Å². The van der Waals surface area contributed by atoms with Crippen molar-refractivity contribution in [2.45, 2.75) is 6.54 Å². The zero-order valence-corrected chi connectivity index (χ0v) is 17.9. The van der Waals surface area contributed by atoms with Crippen LogP contribution < -0.4 is 5.56 Å². The van der Waals surface area contributed by atoms with E-state index in [9.17, 15) is 4.79 Å². The molecule has 1 aliphatic rings. The number of fused-ring (bicyclic) bond motifs is 1. The maximum Gasteiger partial charge on any atom is 0.264 e. The topological polar surface area (TPSA) is 54.5 Å². The van der Waals surface area contributed by atoms with Gasteiger partial charge in [-0.15, -0.1) is 0 Å². The summed E-state index contributed by atoms with van der Waals surface area (Å²) in [5.41, 5.74) is 4.96. The number of piperazine rings is 1. The molecule has 0 saturated carbocycles. The second-order valence-electron chi connectivity index (χ2n) is 8.31. The molecule has 1 fully saturated rings. The van der Waals surface area contributed by atoms with Crippen LogP contribution in [0, 0.1) is 0 Å². The number of hydrogen-bond donors (Lipinski definition) is 0. The number of pyridine rings is 1.